The van der Waals surface area contributed by atoms with Gasteiger partial charge in [-0.2, -0.15) is 8.42 Å². The maximum atomic E-state index is 12.0. The van der Waals surface area contributed by atoms with Crippen molar-refractivity contribution in [3.8, 4) is 0 Å². The third kappa shape index (κ3) is 8.95. The van der Waals surface area contributed by atoms with E-state index >= 15 is 0 Å². The summed E-state index contributed by atoms with van der Waals surface area (Å²) in [5, 5.41) is 9.79. The Kier molecular flexibility index (Phi) is 9.03. The van der Waals surface area contributed by atoms with E-state index in [1.165, 1.54) is 18.2 Å². The lowest BCUT2D eigenvalue weighted by atomic mass is 10.0. The number of hydrogen-bond donors (Lipinski definition) is 1. The number of unbranched alkanes of at least 4 members (excludes halogenated alkanes) is 1. The predicted molar refractivity (Wildman–Crippen MR) is 97.8 cm³/mol. The number of aliphatic hydroxyl groups excluding tert-OH is 1. The van der Waals surface area contributed by atoms with E-state index in [9.17, 15) is 18.3 Å². The fourth-order valence-corrected chi connectivity index (χ4v) is 3.14. The van der Waals surface area contributed by atoms with Gasteiger partial charge in [0.2, 0.25) is 0 Å². The average Bonchev–Trinajstić information content (AvgIpc) is 2.52. The molecule has 0 amide bonds. The van der Waals surface area contributed by atoms with Gasteiger partial charge in [0.05, 0.1) is 17.6 Å². The highest BCUT2D eigenvalue weighted by Gasteiger charge is 2.16. The van der Waals surface area contributed by atoms with E-state index in [2.05, 4.69) is 0 Å². The minimum Gasteiger partial charge on any atom is -0.387 e. The van der Waals surface area contributed by atoms with Gasteiger partial charge < -0.3 is 5.11 Å². The number of carbonyl (C=O) groups excluding carboxylic acids is 1. The van der Waals surface area contributed by atoms with Crippen molar-refractivity contribution in [3.63, 3.8) is 0 Å². The molecule has 0 aliphatic rings. The quantitative estimate of drug-likeness (QED) is 0.368. The molecular formula is C19H28O5S. The zero-order valence-electron chi connectivity index (χ0n) is 15.1. The largest absolute Gasteiger partial charge is 0.387 e. The second-order valence-corrected chi connectivity index (χ2v) is 8.19. The number of ketones is 1. The molecule has 0 saturated carbocycles. The summed E-state index contributed by atoms with van der Waals surface area (Å²) in [6, 6.07) is 6.32. The topological polar surface area (TPSA) is 80.7 Å². The highest BCUT2D eigenvalue weighted by molar-refractivity contribution is 7.86. The molecule has 140 valence electrons. The van der Waals surface area contributed by atoms with Gasteiger partial charge in [0.25, 0.3) is 10.1 Å². The number of aryl methyl sites for hydroxylation is 1. The van der Waals surface area contributed by atoms with Crippen LogP contribution in [-0.2, 0) is 19.1 Å². The summed E-state index contributed by atoms with van der Waals surface area (Å²) in [7, 11) is -3.87. The SMILES string of the molecule is Cc1ccc(S(=O)(=O)OC[C@H](O)/C=C\CCCC(=O)CC(C)C)cc1. The summed E-state index contributed by atoms with van der Waals surface area (Å²) in [5.41, 5.74) is 0.953. The maximum absolute atomic E-state index is 12.0. The second kappa shape index (κ2) is 10.5. The Morgan fingerprint density at radius 3 is 2.48 bits per heavy atom. The molecule has 1 aromatic rings. The summed E-state index contributed by atoms with van der Waals surface area (Å²) in [6.45, 7) is 5.55. The van der Waals surface area contributed by atoms with E-state index in [4.69, 9.17) is 4.18 Å². The zero-order chi connectivity index (χ0) is 18.9. The Balaban J connectivity index is 2.33. The van der Waals surface area contributed by atoms with Crippen LogP contribution in [0, 0.1) is 12.8 Å². The van der Waals surface area contributed by atoms with Crippen molar-refractivity contribution < 1.29 is 22.5 Å². The molecule has 0 unspecified atom stereocenters. The van der Waals surface area contributed by atoms with Crippen LogP contribution in [0.5, 0.6) is 0 Å². The van der Waals surface area contributed by atoms with Crippen molar-refractivity contribution in [2.24, 2.45) is 5.92 Å². The van der Waals surface area contributed by atoms with Gasteiger partial charge in [-0.1, -0.05) is 43.7 Å². The first kappa shape index (κ1) is 21.5. The molecule has 0 fully saturated rings. The first-order valence-electron chi connectivity index (χ1n) is 8.53. The Hall–Kier alpha value is -1.50. The van der Waals surface area contributed by atoms with E-state index in [0.717, 1.165) is 12.0 Å². The van der Waals surface area contributed by atoms with Crippen LogP contribution in [0.15, 0.2) is 41.3 Å². The summed E-state index contributed by atoms with van der Waals surface area (Å²) in [6.07, 6.45) is 4.73. The minimum atomic E-state index is -3.87. The molecule has 0 aliphatic carbocycles. The van der Waals surface area contributed by atoms with E-state index in [-0.39, 0.29) is 17.3 Å². The Labute approximate surface area is 150 Å². The molecule has 0 aliphatic heterocycles. The highest BCUT2D eigenvalue weighted by atomic mass is 32.2. The number of aliphatic hydroxyl groups is 1. The maximum Gasteiger partial charge on any atom is 0.297 e. The van der Waals surface area contributed by atoms with Crippen LogP contribution in [0.3, 0.4) is 0 Å². The standard InChI is InChI=1S/C19H28O5S/c1-15(2)13-17(20)7-5-4-6-8-18(21)14-24-25(22,23)19-11-9-16(3)10-12-19/h6,8-12,15,18,21H,4-5,7,13-14H2,1-3H3/b8-6-/t18-/m1/s1. The van der Waals surface area contributed by atoms with Crippen molar-refractivity contribution >= 4 is 15.9 Å². The van der Waals surface area contributed by atoms with Gasteiger partial charge in [0.1, 0.15) is 5.78 Å². The van der Waals surface area contributed by atoms with Crippen LogP contribution in [0.1, 0.15) is 45.1 Å². The second-order valence-electron chi connectivity index (χ2n) is 6.58. The highest BCUT2D eigenvalue weighted by Crippen LogP contribution is 2.13. The molecule has 5 nitrogen and oxygen atoms in total. The van der Waals surface area contributed by atoms with Crippen LogP contribution in [-0.4, -0.2) is 32.0 Å². The lowest BCUT2D eigenvalue weighted by molar-refractivity contribution is -0.119. The lowest BCUT2D eigenvalue weighted by Crippen LogP contribution is -2.17. The van der Waals surface area contributed by atoms with Crippen LogP contribution < -0.4 is 0 Å². The fourth-order valence-electron chi connectivity index (χ4n) is 2.22. The third-order valence-electron chi connectivity index (χ3n) is 3.52. The summed E-state index contributed by atoms with van der Waals surface area (Å²) < 4.78 is 28.9. The number of Topliss-reactive ketones (excluding diaryl/α,β-unsaturated/α-hetero) is 1. The molecule has 0 saturated heterocycles. The van der Waals surface area contributed by atoms with Crippen molar-refractivity contribution in [3.05, 3.63) is 42.0 Å². The van der Waals surface area contributed by atoms with Crippen LogP contribution in [0.2, 0.25) is 0 Å². The van der Waals surface area contributed by atoms with Gasteiger partial charge in [-0.05, 0) is 37.8 Å². The molecule has 6 heteroatoms. The molecule has 1 rings (SSSR count). The van der Waals surface area contributed by atoms with E-state index in [1.807, 2.05) is 20.8 Å². The first-order chi connectivity index (χ1) is 11.7. The minimum absolute atomic E-state index is 0.0675. The van der Waals surface area contributed by atoms with Gasteiger partial charge in [0.15, 0.2) is 0 Å². The average molecular weight is 368 g/mol. The summed E-state index contributed by atoms with van der Waals surface area (Å²) in [4.78, 5) is 11.6. The normalized spacial score (nSPS) is 13.5. The van der Waals surface area contributed by atoms with Crippen LogP contribution in [0.4, 0.5) is 0 Å². The Bertz CT molecular complexity index is 660. The monoisotopic (exact) mass is 368 g/mol. The van der Waals surface area contributed by atoms with Crippen LogP contribution in [0.25, 0.3) is 0 Å². The number of rotatable bonds is 11. The van der Waals surface area contributed by atoms with E-state index in [0.29, 0.717) is 25.2 Å². The van der Waals surface area contributed by atoms with Crippen molar-refractivity contribution in [1.29, 1.82) is 0 Å². The molecule has 0 bridgehead atoms. The third-order valence-corrected chi connectivity index (χ3v) is 4.82. The number of hydrogen-bond acceptors (Lipinski definition) is 5. The number of carbonyl (C=O) groups is 1. The van der Waals surface area contributed by atoms with E-state index < -0.39 is 16.2 Å². The van der Waals surface area contributed by atoms with E-state index in [1.54, 1.807) is 18.2 Å². The molecule has 25 heavy (non-hydrogen) atoms. The van der Waals surface area contributed by atoms with Gasteiger partial charge >= 0.3 is 0 Å². The summed E-state index contributed by atoms with van der Waals surface area (Å²) in [5.74, 6) is 0.619. The van der Waals surface area contributed by atoms with Crippen molar-refractivity contribution in [1.82, 2.24) is 0 Å². The molecule has 0 aromatic heterocycles. The molecule has 0 heterocycles. The molecule has 1 atom stereocenters. The zero-order valence-corrected chi connectivity index (χ0v) is 16.0. The molecule has 1 aromatic carbocycles. The lowest BCUT2D eigenvalue weighted by Gasteiger charge is -2.08. The fraction of sp³-hybridized carbons (Fsp3) is 0.526. The molecule has 0 spiro atoms. The Morgan fingerprint density at radius 1 is 1.24 bits per heavy atom. The van der Waals surface area contributed by atoms with Crippen molar-refractivity contribution in [2.45, 2.75) is 57.5 Å². The predicted octanol–water partition coefficient (Wildman–Crippen LogP) is 3.40. The number of benzene rings is 1. The first-order valence-corrected chi connectivity index (χ1v) is 9.94. The Morgan fingerprint density at radius 2 is 1.88 bits per heavy atom. The smallest absolute Gasteiger partial charge is 0.297 e. The molecular weight excluding hydrogens is 340 g/mol. The van der Waals surface area contributed by atoms with Crippen LogP contribution >= 0.6 is 0 Å². The number of allylic oxidation sites excluding steroid dienone is 1. The summed E-state index contributed by atoms with van der Waals surface area (Å²) >= 11 is 0. The van der Waals surface area contributed by atoms with Gasteiger partial charge in [-0.15, -0.1) is 0 Å². The molecule has 1 N–H and O–H groups in total. The van der Waals surface area contributed by atoms with Gasteiger partial charge in [0, 0.05) is 12.8 Å². The molecule has 0 radical (unpaired) electrons. The van der Waals surface area contributed by atoms with Crippen molar-refractivity contribution in [2.75, 3.05) is 6.61 Å². The van der Waals surface area contributed by atoms with Gasteiger partial charge in [-0.25, -0.2) is 0 Å². The van der Waals surface area contributed by atoms with Gasteiger partial charge in [-0.3, -0.25) is 8.98 Å².